The molecule has 16 heavy (non-hydrogen) atoms. The van der Waals surface area contributed by atoms with Crippen LogP contribution < -0.4 is 10.6 Å². The standard InChI is InChI=1S/C12H14BrN3/c13-8-1-2-11-9(5-8)10(6-16-11)12-7-14-3-4-15-12/h1-2,5-6,12,14-16H,3-4,7H2/t12-/m1/s1. The van der Waals surface area contributed by atoms with Crippen molar-refractivity contribution in [3.05, 3.63) is 34.4 Å². The molecule has 1 fully saturated rings. The number of aromatic nitrogens is 1. The summed E-state index contributed by atoms with van der Waals surface area (Å²) in [6, 6.07) is 6.77. The van der Waals surface area contributed by atoms with Gasteiger partial charge in [-0.05, 0) is 23.8 Å². The topological polar surface area (TPSA) is 39.9 Å². The van der Waals surface area contributed by atoms with Gasteiger partial charge in [-0.15, -0.1) is 0 Å². The van der Waals surface area contributed by atoms with E-state index in [1.807, 2.05) is 0 Å². The van der Waals surface area contributed by atoms with Gasteiger partial charge < -0.3 is 15.6 Å². The Labute approximate surface area is 103 Å². The molecule has 4 heteroatoms. The second kappa shape index (κ2) is 4.20. The largest absolute Gasteiger partial charge is 0.361 e. The van der Waals surface area contributed by atoms with Crippen molar-refractivity contribution in [2.75, 3.05) is 19.6 Å². The van der Waals surface area contributed by atoms with Crippen molar-refractivity contribution in [1.82, 2.24) is 15.6 Å². The Morgan fingerprint density at radius 1 is 1.25 bits per heavy atom. The molecule has 0 bridgehead atoms. The molecule has 0 spiro atoms. The average Bonchev–Trinajstić information content (AvgIpc) is 2.73. The molecule has 0 radical (unpaired) electrons. The second-order valence-corrected chi connectivity index (χ2v) is 5.06. The molecule has 0 unspecified atom stereocenters. The number of piperazine rings is 1. The molecule has 0 saturated carbocycles. The van der Waals surface area contributed by atoms with Crippen LogP contribution in [0, 0.1) is 0 Å². The quantitative estimate of drug-likeness (QED) is 0.749. The Morgan fingerprint density at radius 2 is 2.19 bits per heavy atom. The lowest BCUT2D eigenvalue weighted by atomic mass is 10.0. The van der Waals surface area contributed by atoms with E-state index < -0.39 is 0 Å². The fourth-order valence-electron chi connectivity index (χ4n) is 2.28. The third-order valence-corrected chi connectivity index (χ3v) is 3.59. The minimum Gasteiger partial charge on any atom is -0.361 e. The highest BCUT2D eigenvalue weighted by atomic mass is 79.9. The van der Waals surface area contributed by atoms with Gasteiger partial charge in [0.05, 0.1) is 0 Å². The van der Waals surface area contributed by atoms with Crippen molar-refractivity contribution >= 4 is 26.8 Å². The Morgan fingerprint density at radius 3 is 3.00 bits per heavy atom. The summed E-state index contributed by atoms with van der Waals surface area (Å²) in [7, 11) is 0. The van der Waals surface area contributed by atoms with Gasteiger partial charge in [-0.3, -0.25) is 0 Å². The molecule has 2 heterocycles. The number of hydrogen-bond donors (Lipinski definition) is 3. The smallest absolute Gasteiger partial charge is 0.0468 e. The monoisotopic (exact) mass is 279 g/mol. The maximum Gasteiger partial charge on any atom is 0.0468 e. The zero-order chi connectivity index (χ0) is 11.0. The first-order valence-electron chi connectivity index (χ1n) is 5.55. The molecule has 1 aliphatic rings. The van der Waals surface area contributed by atoms with Crippen molar-refractivity contribution < 1.29 is 0 Å². The van der Waals surface area contributed by atoms with E-state index >= 15 is 0 Å². The van der Waals surface area contributed by atoms with Gasteiger partial charge in [0.25, 0.3) is 0 Å². The molecule has 0 amide bonds. The molecule has 3 rings (SSSR count). The van der Waals surface area contributed by atoms with Gasteiger partial charge in [-0.1, -0.05) is 15.9 Å². The minimum absolute atomic E-state index is 0.414. The molecule has 84 valence electrons. The van der Waals surface area contributed by atoms with E-state index in [0.29, 0.717) is 6.04 Å². The van der Waals surface area contributed by atoms with Gasteiger partial charge in [-0.2, -0.15) is 0 Å². The Balaban J connectivity index is 2.05. The van der Waals surface area contributed by atoms with Crippen molar-refractivity contribution in [1.29, 1.82) is 0 Å². The molecule has 1 aliphatic heterocycles. The summed E-state index contributed by atoms with van der Waals surface area (Å²) in [5, 5.41) is 8.25. The minimum atomic E-state index is 0.414. The van der Waals surface area contributed by atoms with Crippen LogP contribution in [0.5, 0.6) is 0 Å². The number of hydrogen-bond acceptors (Lipinski definition) is 2. The maximum atomic E-state index is 3.54. The normalized spacial score (nSPS) is 21.4. The van der Waals surface area contributed by atoms with Crippen molar-refractivity contribution in [3.63, 3.8) is 0 Å². The van der Waals surface area contributed by atoms with E-state index in [4.69, 9.17) is 0 Å². The molecule has 1 saturated heterocycles. The zero-order valence-electron chi connectivity index (χ0n) is 8.89. The maximum absolute atomic E-state index is 3.54. The predicted octanol–water partition coefficient (Wildman–Crippen LogP) is 2.16. The first-order chi connectivity index (χ1) is 7.84. The predicted molar refractivity (Wildman–Crippen MR) is 69.6 cm³/mol. The lowest BCUT2D eigenvalue weighted by molar-refractivity contribution is 0.432. The van der Waals surface area contributed by atoms with E-state index in [1.54, 1.807) is 0 Å². The molecule has 3 N–H and O–H groups in total. The number of fused-ring (bicyclic) bond motifs is 1. The highest BCUT2D eigenvalue weighted by Crippen LogP contribution is 2.27. The van der Waals surface area contributed by atoms with Crippen LogP contribution in [0.4, 0.5) is 0 Å². The fraction of sp³-hybridized carbons (Fsp3) is 0.333. The first-order valence-corrected chi connectivity index (χ1v) is 6.34. The van der Waals surface area contributed by atoms with Gasteiger partial charge in [0, 0.05) is 47.2 Å². The van der Waals surface area contributed by atoms with E-state index in [9.17, 15) is 0 Å². The number of halogens is 1. The molecule has 1 aromatic carbocycles. The van der Waals surface area contributed by atoms with Crippen molar-refractivity contribution in [2.24, 2.45) is 0 Å². The summed E-state index contributed by atoms with van der Waals surface area (Å²) in [5.41, 5.74) is 2.55. The molecule has 3 nitrogen and oxygen atoms in total. The van der Waals surface area contributed by atoms with E-state index in [-0.39, 0.29) is 0 Å². The lowest BCUT2D eigenvalue weighted by Gasteiger charge is -2.24. The van der Waals surface area contributed by atoms with Crippen molar-refractivity contribution in [2.45, 2.75) is 6.04 Å². The van der Waals surface area contributed by atoms with Gasteiger partial charge in [-0.25, -0.2) is 0 Å². The van der Waals surface area contributed by atoms with Crippen LogP contribution in [0.1, 0.15) is 11.6 Å². The van der Waals surface area contributed by atoms with Crippen LogP contribution in [0.3, 0.4) is 0 Å². The number of aromatic amines is 1. The van der Waals surface area contributed by atoms with E-state index in [2.05, 4.69) is 55.9 Å². The van der Waals surface area contributed by atoms with Gasteiger partial charge in [0.1, 0.15) is 0 Å². The number of H-pyrrole nitrogens is 1. The summed E-state index contributed by atoms with van der Waals surface area (Å²) < 4.78 is 1.13. The third-order valence-electron chi connectivity index (χ3n) is 3.09. The van der Waals surface area contributed by atoms with Crippen LogP contribution in [-0.4, -0.2) is 24.6 Å². The number of nitrogens with one attached hydrogen (secondary N) is 3. The molecular weight excluding hydrogens is 266 g/mol. The number of benzene rings is 1. The summed E-state index contributed by atoms with van der Waals surface area (Å²) in [6.07, 6.45) is 2.11. The SMILES string of the molecule is Brc1ccc2[nH]cc([C@H]3CNCCN3)c2c1. The lowest BCUT2D eigenvalue weighted by Crippen LogP contribution is -2.42. The first kappa shape index (κ1) is 10.3. The van der Waals surface area contributed by atoms with Crippen LogP contribution in [-0.2, 0) is 0 Å². The molecule has 1 atom stereocenters. The van der Waals surface area contributed by atoms with E-state index in [0.717, 1.165) is 24.1 Å². The van der Waals surface area contributed by atoms with Crippen molar-refractivity contribution in [3.8, 4) is 0 Å². The van der Waals surface area contributed by atoms with Crippen LogP contribution in [0.25, 0.3) is 10.9 Å². The highest BCUT2D eigenvalue weighted by molar-refractivity contribution is 9.10. The van der Waals surface area contributed by atoms with Crippen LogP contribution >= 0.6 is 15.9 Å². The molecule has 0 aliphatic carbocycles. The summed E-state index contributed by atoms with van der Waals surface area (Å²) in [4.78, 5) is 3.32. The molecule has 2 aromatic rings. The Hall–Kier alpha value is -0.840. The number of rotatable bonds is 1. The Bertz CT molecular complexity index is 500. The van der Waals surface area contributed by atoms with E-state index in [1.165, 1.54) is 16.5 Å². The molecular formula is C12H14BrN3. The van der Waals surface area contributed by atoms with Gasteiger partial charge in [0.2, 0.25) is 0 Å². The fourth-order valence-corrected chi connectivity index (χ4v) is 2.64. The second-order valence-electron chi connectivity index (χ2n) is 4.14. The third kappa shape index (κ3) is 1.77. The zero-order valence-corrected chi connectivity index (χ0v) is 10.5. The summed E-state index contributed by atoms with van der Waals surface area (Å²) in [5.74, 6) is 0. The van der Waals surface area contributed by atoms with Gasteiger partial charge >= 0.3 is 0 Å². The van der Waals surface area contributed by atoms with Crippen LogP contribution in [0.15, 0.2) is 28.9 Å². The molecule has 1 aromatic heterocycles. The Kier molecular flexibility index (Phi) is 2.71. The summed E-state index contributed by atoms with van der Waals surface area (Å²) >= 11 is 3.53. The van der Waals surface area contributed by atoms with Crippen LogP contribution in [0.2, 0.25) is 0 Å². The highest BCUT2D eigenvalue weighted by Gasteiger charge is 2.17. The summed E-state index contributed by atoms with van der Waals surface area (Å²) in [6.45, 7) is 3.09. The van der Waals surface area contributed by atoms with Gasteiger partial charge in [0.15, 0.2) is 0 Å². The average molecular weight is 280 g/mol.